The van der Waals surface area contributed by atoms with Crippen molar-refractivity contribution < 1.29 is 14.3 Å². The third-order valence-electron chi connectivity index (χ3n) is 4.97. The molecule has 1 aromatic heterocycles. The van der Waals surface area contributed by atoms with E-state index in [1.807, 2.05) is 43.3 Å². The standard InChI is InChI=1S/C23H23N5O3/c1-4-12-30-22(29)20-16(3)24-23-25-26-27-28(23)21(20)18-6-5-7-19(13-18)31-14-17-10-8-15(2)9-11-17/h4-11,13,21H,1,12,14H2,2-3H3,(H,24,25,27). The van der Waals surface area contributed by atoms with Crippen molar-refractivity contribution in [2.24, 2.45) is 0 Å². The van der Waals surface area contributed by atoms with E-state index in [2.05, 4.69) is 39.6 Å². The minimum Gasteiger partial charge on any atom is -0.489 e. The molecule has 0 bridgehead atoms. The average Bonchev–Trinajstić information content (AvgIpc) is 3.24. The van der Waals surface area contributed by atoms with Crippen LogP contribution < -0.4 is 10.1 Å². The van der Waals surface area contributed by atoms with Gasteiger partial charge in [0.05, 0.1) is 5.57 Å². The van der Waals surface area contributed by atoms with Crippen LogP contribution in [0.25, 0.3) is 0 Å². The van der Waals surface area contributed by atoms with E-state index < -0.39 is 12.0 Å². The van der Waals surface area contributed by atoms with Gasteiger partial charge in [0, 0.05) is 5.70 Å². The molecule has 4 rings (SSSR count). The fourth-order valence-electron chi connectivity index (χ4n) is 3.42. The Bertz CT molecular complexity index is 1130. The molecular weight excluding hydrogens is 394 g/mol. The number of nitrogens with one attached hydrogen (secondary N) is 1. The lowest BCUT2D eigenvalue weighted by Gasteiger charge is -2.27. The monoisotopic (exact) mass is 417 g/mol. The van der Waals surface area contributed by atoms with Gasteiger partial charge in [0.1, 0.15) is 25.0 Å². The third kappa shape index (κ3) is 4.32. The Labute approximate surface area is 180 Å². The SMILES string of the molecule is C=CCOC(=O)C1=C(C)Nc2nnnn2C1c1cccc(OCc2ccc(C)cc2)c1. The first-order chi connectivity index (χ1) is 15.1. The summed E-state index contributed by atoms with van der Waals surface area (Å²) in [6, 6.07) is 15.2. The first kappa shape index (κ1) is 20.3. The number of hydrogen-bond acceptors (Lipinski definition) is 7. The molecule has 1 aliphatic rings. The predicted octanol–water partition coefficient (Wildman–Crippen LogP) is 3.58. The highest BCUT2D eigenvalue weighted by Gasteiger charge is 2.35. The van der Waals surface area contributed by atoms with Gasteiger partial charge >= 0.3 is 5.97 Å². The number of rotatable bonds is 7. The number of carbonyl (C=O) groups excluding carboxylic acids is 1. The summed E-state index contributed by atoms with van der Waals surface area (Å²) in [4.78, 5) is 12.8. The minimum absolute atomic E-state index is 0.116. The highest BCUT2D eigenvalue weighted by molar-refractivity contribution is 5.92. The van der Waals surface area contributed by atoms with Gasteiger partial charge in [-0.15, -0.1) is 0 Å². The number of ether oxygens (including phenoxy) is 2. The number of aromatic nitrogens is 4. The molecule has 8 nitrogen and oxygen atoms in total. The Hall–Kier alpha value is -3.94. The smallest absolute Gasteiger partial charge is 0.338 e. The van der Waals surface area contributed by atoms with Crippen LogP contribution in [-0.4, -0.2) is 32.8 Å². The first-order valence-corrected chi connectivity index (χ1v) is 9.89. The summed E-state index contributed by atoms with van der Waals surface area (Å²) in [6.45, 7) is 8.00. The topological polar surface area (TPSA) is 91.2 Å². The van der Waals surface area contributed by atoms with Crippen molar-refractivity contribution in [1.82, 2.24) is 20.2 Å². The fourth-order valence-corrected chi connectivity index (χ4v) is 3.42. The van der Waals surface area contributed by atoms with Crippen LogP contribution in [0.2, 0.25) is 0 Å². The van der Waals surface area contributed by atoms with Crippen LogP contribution in [0.5, 0.6) is 5.75 Å². The molecule has 8 heteroatoms. The molecule has 1 atom stereocenters. The quantitative estimate of drug-likeness (QED) is 0.464. The van der Waals surface area contributed by atoms with Crippen LogP contribution in [-0.2, 0) is 16.1 Å². The molecule has 3 aromatic rings. The number of aryl methyl sites for hydroxylation is 1. The lowest BCUT2D eigenvalue weighted by Crippen LogP contribution is -2.29. The van der Waals surface area contributed by atoms with E-state index in [1.165, 1.54) is 11.6 Å². The maximum atomic E-state index is 12.8. The molecule has 0 aliphatic carbocycles. The molecule has 2 aromatic carbocycles. The Morgan fingerprint density at radius 3 is 2.81 bits per heavy atom. The predicted molar refractivity (Wildman–Crippen MR) is 115 cm³/mol. The second kappa shape index (κ2) is 8.83. The zero-order chi connectivity index (χ0) is 21.8. The van der Waals surface area contributed by atoms with E-state index in [4.69, 9.17) is 9.47 Å². The number of allylic oxidation sites excluding steroid dienone is 1. The molecule has 0 spiro atoms. The van der Waals surface area contributed by atoms with Crippen molar-refractivity contribution in [3.63, 3.8) is 0 Å². The molecule has 1 unspecified atom stereocenters. The number of fused-ring (bicyclic) bond motifs is 1. The summed E-state index contributed by atoms with van der Waals surface area (Å²) < 4.78 is 12.9. The van der Waals surface area contributed by atoms with Crippen LogP contribution in [0.1, 0.15) is 29.7 Å². The average molecular weight is 417 g/mol. The van der Waals surface area contributed by atoms with Gasteiger partial charge in [-0.25, -0.2) is 4.79 Å². The third-order valence-corrected chi connectivity index (χ3v) is 4.97. The second-order valence-corrected chi connectivity index (χ2v) is 7.25. The first-order valence-electron chi connectivity index (χ1n) is 9.89. The summed E-state index contributed by atoms with van der Waals surface area (Å²) in [5.74, 6) is 0.679. The van der Waals surface area contributed by atoms with Gasteiger partial charge in [-0.2, -0.15) is 4.68 Å². The van der Waals surface area contributed by atoms with Crippen molar-refractivity contribution in [2.75, 3.05) is 11.9 Å². The highest BCUT2D eigenvalue weighted by Crippen LogP contribution is 2.36. The molecule has 2 heterocycles. The molecular formula is C23H23N5O3. The lowest BCUT2D eigenvalue weighted by molar-refractivity contribution is -0.138. The summed E-state index contributed by atoms with van der Waals surface area (Å²) in [6.07, 6.45) is 1.53. The zero-order valence-electron chi connectivity index (χ0n) is 17.4. The normalized spacial score (nSPS) is 15.1. The van der Waals surface area contributed by atoms with Crippen molar-refractivity contribution in [1.29, 1.82) is 0 Å². The molecule has 158 valence electrons. The van der Waals surface area contributed by atoms with E-state index in [-0.39, 0.29) is 6.61 Å². The van der Waals surface area contributed by atoms with Crippen molar-refractivity contribution in [3.8, 4) is 5.75 Å². The van der Waals surface area contributed by atoms with Gasteiger partial charge in [-0.1, -0.05) is 59.7 Å². The van der Waals surface area contributed by atoms with Gasteiger partial charge in [-0.3, -0.25) is 0 Å². The van der Waals surface area contributed by atoms with E-state index in [0.717, 1.165) is 11.1 Å². The molecule has 0 radical (unpaired) electrons. The largest absolute Gasteiger partial charge is 0.489 e. The lowest BCUT2D eigenvalue weighted by atomic mass is 9.95. The van der Waals surface area contributed by atoms with E-state index in [9.17, 15) is 4.79 Å². The molecule has 1 N–H and O–H groups in total. The summed E-state index contributed by atoms with van der Waals surface area (Å²) in [7, 11) is 0. The van der Waals surface area contributed by atoms with Gasteiger partial charge in [0.25, 0.3) is 0 Å². The van der Waals surface area contributed by atoms with Crippen molar-refractivity contribution >= 4 is 11.9 Å². The van der Waals surface area contributed by atoms with Crippen molar-refractivity contribution in [2.45, 2.75) is 26.5 Å². The molecule has 0 saturated carbocycles. The zero-order valence-corrected chi connectivity index (χ0v) is 17.4. The number of nitrogens with zero attached hydrogens (tertiary/aromatic N) is 4. The van der Waals surface area contributed by atoms with Crippen LogP contribution in [0, 0.1) is 6.92 Å². The summed E-state index contributed by atoms with van der Waals surface area (Å²) in [5.41, 5.74) is 4.14. The molecule has 31 heavy (non-hydrogen) atoms. The number of anilines is 1. The maximum Gasteiger partial charge on any atom is 0.338 e. The molecule has 0 saturated heterocycles. The Balaban J connectivity index is 1.64. The Morgan fingerprint density at radius 2 is 2.03 bits per heavy atom. The molecule has 0 amide bonds. The van der Waals surface area contributed by atoms with Crippen molar-refractivity contribution in [3.05, 3.63) is 89.1 Å². The van der Waals surface area contributed by atoms with Gasteiger partial charge in [-0.05, 0) is 47.5 Å². The second-order valence-electron chi connectivity index (χ2n) is 7.25. The van der Waals surface area contributed by atoms with E-state index >= 15 is 0 Å². The maximum absolute atomic E-state index is 12.8. The highest BCUT2D eigenvalue weighted by atomic mass is 16.5. The van der Waals surface area contributed by atoms with Crippen LogP contribution in [0.3, 0.4) is 0 Å². The molecule has 1 aliphatic heterocycles. The minimum atomic E-state index is -0.550. The van der Waals surface area contributed by atoms with E-state index in [0.29, 0.717) is 29.6 Å². The Morgan fingerprint density at radius 1 is 1.23 bits per heavy atom. The summed E-state index contributed by atoms with van der Waals surface area (Å²) >= 11 is 0. The van der Waals surface area contributed by atoms with Crippen LogP contribution >= 0.6 is 0 Å². The van der Waals surface area contributed by atoms with Gasteiger partial charge < -0.3 is 14.8 Å². The van der Waals surface area contributed by atoms with Crippen LogP contribution in [0.4, 0.5) is 5.95 Å². The molecule has 0 fully saturated rings. The van der Waals surface area contributed by atoms with Crippen LogP contribution in [0.15, 0.2) is 72.5 Å². The number of tetrazole rings is 1. The number of esters is 1. The number of carbonyl (C=O) groups is 1. The number of benzene rings is 2. The fraction of sp³-hybridized carbons (Fsp3) is 0.217. The summed E-state index contributed by atoms with van der Waals surface area (Å²) in [5, 5.41) is 14.9. The number of hydrogen-bond donors (Lipinski definition) is 1. The van der Waals surface area contributed by atoms with Gasteiger partial charge in [0.15, 0.2) is 0 Å². The Kier molecular flexibility index (Phi) is 5.79. The van der Waals surface area contributed by atoms with E-state index in [1.54, 1.807) is 11.6 Å². The van der Waals surface area contributed by atoms with Gasteiger partial charge in [0.2, 0.25) is 5.95 Å².